The molecule has 2 aromatic carbocycles. The molecule has 1 heterocycles. The quantitative estimate of drug-likeness (QED) is 0.587. The Hall–Kier alpha value is -2.53. The molecule has 0 spiro atoms. The number of hydrogen-bond donors (Lipinski definition) is 1. The summed E-state index contributed by atoms with van der Waals surface area (Å²) >= 11 is 1.66. The predicted molar refractivity (Wildman–Crippen MR) is 127 cm³/mol. The van der Waals surface area contributed by atoms with E-state index < -0.39 is 0 Å². The third kappa shape index (κ3) is 5.79. The second kappa shape index (κ2) is 10.7. The summed E-state index contributed by atoms with van der Waals surface area (Å²) in [6.45, 7) is 1.39. The fourth-order valence-corrected chi connectivity index (χ4v) is 5.45. The van der Waals surface area contributed by atoms with Crippen molar-refractivity contribution in [3.63, 3.8) is 0 Å². The zero-order valence-corrected chi connectivity index (χ0v) is 18.7. The first-order valence-corrected chi connectivity index (χ1v) is 12.3. The first kappa shape index (κ1) is 21.7. The summed E-state index contributed by atoms with van der Waals surface area (Å²) < 4.78 is 0. The van der Waals surface area contributed by atoms with E-state index in [0.717, 1.165) is 18.4 Å². The van der Waals surface area contributed by atoms with E-state index in [1.54, 1.807) is 11.8 Å². The Kier molecular flexibility index (Phi) is 7.47. The molecule has 0 radical (unpaired) electrons. The number of allylic oxidation sites excluding steroid dienone is 1. The summed E-state index contributed by atoms with van der Waals surface area (Å²) in [6.07, 6.45) is 9.02. The normalized spacial score (nSPS) is 18.7. The van der Waals surface area contributed by atoms with Crippen molar-refractivity contribution in [2.45, 2.75) is 43.9 Å². The lowest BCUT2D eigenvalue weighted by molar-refractivity contribution is -0.128. The van der Waals surface area contributed by atoms with Gasteiger partial charge in [0.05, 0.1) is 5.75 Å². The second-order valence-electron chi connectivity index (χ2n) is 8.22. The smallest absolute Gasteiger partial charge is 0.251 e. The largest absolute Gasteiger partial charge is 0.352 e. The van der Waals surface area contributed by atoms with Gasteiger partial charge in [0.15, 0.2) is 0 Å². The first-order chi connectivity index (χ1) is 15.2. The van der Waals surface area contributed by atoms with Crippen molar-refractivity contribution >= 4 is 23.6 Å². The monoisotopic (exact) mass is 434 g/mol. The van der Waals surface area contributed by atoms with Crippen molar-refractivity contribution in [2.24, 2.45) is 0 Å². The van der Waals surface area contributed by atoms with E-state index in [2.05, 4.69) is 23.5 Å². The Balaban J connectivity index is 1.32. The Bertz CT molecular complexity index is 924. The van der Waals surface area contributed by atoms with E-state index in [4.69, 9.17) is 0 Å². The molecule has 0 bridgehead atoms. The minimum atomic E-state index is -0.0287. The molecule has 2 aromatic rings. The van der Waals surface area contributed by atoms with Crippen LogP contribution in [-0.4, -0.2) is 35.6 Å². The molecule has 1 saturated heterocycles. The van der Waals surface area contributed by atoms with Gasteiger partial charge in [-0.25, -0.2) is 0 Å². The zero-order chi connectivity index (χ0) is 21.5. The van der Waals surface area contributed by atoms with Crippen molar-refractivity contribution in [2.75, 3.05) is 18.8 Å². The van der Waals surface area contributed by atoms with Crippen LogP contribution in [-0.2, 0) is 11.2 Å². The van der Waals surface area contributed by atoms with Gasteiger partial charge >= 0.3 is 0 Å². The fraction of sp³-hybridized carbons (Fsp3) is 0.385. The molecule has 0 unspecified atom stereocenters. The minimum absolute atomic E-state index is 0.0200. The van der Waals surface area contributed by atoms with Crippen molar-refractivity contribution in [1.29, 1.82) is 0 Å². The molecule has 0 saturated carbocycles. The second-order valence-corrected chi connectivity index (χ2v) is 9.29. The molecule has 1 atom stereocenters. The van der Waals surface area contributed by atoms with E-state index in [9.17, 15) is 9.59 Å². The number of thioether (sulfide) groups is 1. The van der Waals surface area contributed by atoms with E-state index in [0.29, 0.717) is 24.4 Å². The van der Waals surface area contributed by atoms with E-state index in [1.165, 1.54) is 36.8 Å². The minimum Gasteiger partial charge on any atom is -0.352 e. The molecule has 1 N–H and O–H groups in total. The summed E-state index contributed by atoms with van der Waals surface area (Å²) in [4.78, 5) is 26.9. The molecule has 1 aliphatic carbocycles. The van der Waals surface area contributed by atoms with E-state index in [1.807, 2.05) is 47.4 Å². The third-order valence-electron chi connectivity index (χ3n) is 6.03. The van der Waals surface area contributed by atoms with Crippen LogP contribution >= 0.6 is 11.8 Å². The van der Waals surface area contributed by atoms with Crippen LogP contribution in [0.4, 0.5) is 0 Å². The van der Waals surface area contributed by atoms with Gasteiger partial charge in [-0.2, -0.15) is 0 Å². The van der Waals surface area contributed by atoms with Crippen LogP contribution in [0.5, 0.6) is 0 Å². The van der Waals surface area contributed by atoms with Crippen molar-refractivity contribution in [1.82, 2.24) is 10.2 Å². The molecular weight excluding hydrogens is 404 g/mol. The third-order valence-corrected chi connectivity index (χ3v) is 7.28. The van der Waals surface area contributed by atoms with Gasteiger partial charge in [-0.3, -0.25) is 9.59 Å². The maximum absolute atomic E-state index is 12.5. The lowest BCUT2D eigenvalue weighted by Gasteiger charge is -2.24. The summed E-state index contributed by atoms with van der Waals surface area (Å²) in [5, 5.41) is 3.06. The van der Waals surface area contributed by atoms with Gasteiger partial charge in [-0.1, -0.05) is 54.1 Å². The number of nitrogens with zero attached hydrogens (tertiary/aromatic N) is 1. The molecule has 162 valence electrons. The molecular formula is C26H30N2O2S. The highest BCUT2D eigenvalue weighted by Gasteiger charge is 2.32. The molecule has 0 aromatic heterocycles. The van der Waals surface area contributed by atoms with E-state index in [-0.39, 0.29) is 17.2 Å². The number of amides is 2. The van der Waals surface area contributed by atoms with Gasteiger partial charge in [0, 0.05) is 18.7 Å². The van der Waals surface area contributed by atoms with Gasteiger partial charge in [0.1, 0.15) is 5.37 Å². The Morgan fingerprint density at radius 2 is 1.84 bits per heavy atom. The molecule has 31 heavy (non-hydrogen) atoms. The molecule has 2 amide bonds. The van der Waals surface area contributed by atoms with Crippen LogP contribution in [0, 0.1) is 0 Å². The number of rotatable bonds is 8. The Morgan fingerprint density at radius 3 is 2.58 bits per heavy atom. The van der Waals surface area contributed by atoms with Crippen molar-refractivity contribution in [3.8, 4) is 0 Å². The Morgan fingerprint density at radius 1 is 1.03 bits per heavy atom. The summed E-state index contributed by atoms with van der Waals surface area (Å²) in [5.74, 6) is 0.668. The van der Waals surface area contributed by atoms with Crippen LogP contribution in [0.25, 0.3) is 0 Å². The topological polar surface area (TPSA) is 49.4 Å². The summed E-state index contributed by atoms with van der Waals surface area (Å²) in [7, 11) is 0. The SMILES string of the molecule is O=C(NCCC1=CCCCC1)c1ccc([C@H]2SCC(=O)N2CCc2ccccc2)cc1. The number of carbonyl (C=O) groups is 2. The van der Waals surface area contributed by atoms with E-state index >= 15 is 0 Å². The lowest BCUT2D eigenvalue weighted by atomic mass is 9.97. The summed E-state index contributed by atoms with van der Waals surface area (Å²) in [5.41, 5.74) is 4.46. The average molecular weight is 435 g/mol. The maximum Gasteiger partial charge on any atom is 0.251 e. The lowest BCUT2D eigenvalue weighted by Crippen LogP contribution is -2.30. The van der Waals surface area contributed by atoms with Crippen LogP contribution in [0.1, 0.15) is 59.0 Å². The average Bonchev–Trinajstić information content (AvgIpc) is 3.19. The highest BCUT2D eigenvalue weighted by Crippen LogP contribution is 2.38. The fourth-order valence-electron chi connectivity index (χ4n) is 4.24. The number of nitrogens with one attached hydrogen (secondary N) is 1. The van der Waals surface area contributed by atoms with Gasteiger partial charge in [0.2, 0.25) is 5.91 Å². The maximum atomic E-state index is 12.5. The van der Waals surface area contributed by atoms with Crippen LogP contribution in [0.3, 0.4) is 0 Å². The standard InChI is InChI=1S/C26H30N2O2S/c29-24-19-31-26(28(24)18-16-21-9-5-2-6-10-21)23-13-11-22(12-14-23)25(30)27-17-15-20-7-3-1-4-8-20/h2,5-7,9-14,26H,1,3-4,8,15-19H2,(H,27,30)/t26-/m1/s1. The Labute approximate surface area is 189 Å². The predicted octanol–water partition coefficient (Wildman–Crippen LogP) is 5.12. The number of benzene rings is 2. The highest BCUT2D eigenvalue weighted by atomic mass is 32.2. The van der Waals surface area contributed by atoms with Gasteiger partial charge in [0.25, 0.3) is 5.91 Å². The zero-order valence-electron chi connectivity index (χ0n) is 17.9. The van der Waals surface area contributed by atoms with Crippen molar-refractivity contribution < 1.29 is 9.59 Å². The van der Waals surface area contributed by atoms with Gasteiger partial charge < -0.3 is 10.2 Å². The highest BCUT2D eigenvalue weighted by molar-refractivity contribution is 8.00. The van der Waals surface area contributed by atoms with Crippen LogP contribution in [0.15, 0.2) is 66.2 Å². The molecule has 4 rings (SSSR count). The van der Waals surface area contributed by atoms with Crippen molar-refractivity contribution in [3.05, 3.63) is 82.9 Å². The molecule has 5 heteroatoms. The number of hydrogen-bond acceptors (Lipinski definition) is 3. The number of carbonyl (C=O) groups excluding carboxylic acids is 2. The summed E-state index contributed by atoms with van der Waals surface area (Å²) in [6, 6.07) is 18.0. The van der Waals surface area contributed by atoms with Gasteiger partial charge in [-0.15, -0.1) is 11.8 Å². The molecule has 1 fully saturated rings. The molecule has 2 aliphatic rings. The van der Waals surface area contributed by atoms with Crippen LogP contribution in [0.2, 0.25) is 0 Å². The molecule has 1 aliphatic heterocycles. The molecule has 4 nitrogen and oxygen atoms in total. The van der Waals surface area contributed by atoms with Gasteiger partial charge in [-0.05, 0) is 61.8 Å². The van der Waals surface area contributed by atoms with Crippen LogP contribution < -0.4 is 5.32 Å². The first-order valence-electron chi connectivity index (χ1n) is 11.2.